The number of carbonyl (C=O) groups is 2. The molecule has 0 fully saturated rings. The molecular weight excluding hydrogens is 354 g/mol. The largest absolute Gasteiger partial charge is 0.484 e. The van der Waals surface area contributed by atoms with Crippen molar-refractivity contribution >= 4 is 29.2 Å². The van der Waals surface area contributed by atoms with Crippen LogP contribution in [0.25, 0.3) is 0 Å². The molecule has 0 aromatic heterocycles. The van der Waals surface area contributed by atoms with Crippen molar-refractivity contribution in [2.45, 2.75) is 26.7 Å². The number of halogens is 1. The molecule has 2 rings (SSSR count). The van der Waals surface area contributed by atoms with E-state index < -0.39 is 0 Å². The number of anilines is 1. The number of carbonyl (C=O) groups excluding carboxylic acids is 2. The number of esters is 1. The highest BCUT2D eigenvalue weighted by Crippen LogP contribution is 2.21. The fourth-order valence-electron chi connectivity index (χ4n) is 2.14. The summed E-state index contributed by atoms with van der Waals surface area (Å²) >= 11 is 5.95. The summed E-state index contributed by atoms with van der Waals surface area (Å²) < 4.78 is 10.6. The van der Waals surface area contributed by atoms with Crippen LogP contribution in [0.4, 0.5) is 5.69 Å². The molecule has 0 bridgehead atoms. The molecule has 0 saturated heterocycles. The van der Waals surface area contributed by atoms with E-state index >= 15 is 0 Å². The Morgan fingerprint density at radius 1 is 1.12 bits per heavy atom. The quantitative estimate of drug-likeness (QED) is 0.540. The zero-order valence-electron chi connectivity index (χ0n) is 14.9. The van der Waals surface area contributed by atoms with E-state index in [4.69, 9.17) is 21.1 Å². The summed E-state index contributed by atoms with van der Waals surface area (Å²) in [7, 11) is 0. The molecule has 0 aliphatic heterocycles. The number of nitrogens with one attached hydrogen (secondary N) is 1. The van der Waals surface area contributed by atoms with E-state index in [1.54, 1.807) is 42.5 Å². The third kappa shape index (κ3) is 6.08. The van der Waals surface area contributed by atoms with E-state index in [9.17, 15) is 9.59 Å². The second-order valence-electron chi connectivity index (χ2n) is 5.81. The van der Waals surface area contributed by atoms with Gasteiger partial charge in [0.1, 0.15) is 5.75 Å². The van der Waals surface area contributed by atoms with Crippen LogP contribution in [-0.4, -0.2) is 25.1 Å². The number of benzene rings is 2. The molecule has 0 saturated carbocycles. The first kappa shape index (κ1) is 19.8. The monoisotopic (exact) mass is 375 g/mol. The van der Waals surface area contributed by atoms with Crippen LogP contribution < -0.4 is 10.1 Å². The molecule has 26 heavy (non-hydrogen) atoms. The summed E-state index contributed by atoms with van der Waals surface area (Å²) in [5.74, 6) is -0.0825. The SMILES string of the molecule is CCCCOC(=O)c1ccc(NC(=O)COc2ccc(Cl)c(C)c2)cc1. The molecule has 5 nitrogen and oxygen atoms in total. The highest BCUT2D eigenvalue weighted by molar-refractivity contribution is 6.31. The van der Waals surface area contributed by atoms with Gasteiger partial charge in [0.05, 0.1) is 12.2 Å². The molecule has 1 amide bonds. The number of aryl methyl sites for hydroxylation is 1. The van der Waals surface area contributed by atoms with Crippen LogP contribution >= 0.6 is 11.6 Å². The maximum absolute atomic E-state index is 12.0. The molecule has 138 valence electrons. The predicted octanol–water partition coefficient (Wildman–Crippen LogP) is 4.62. The van der Waals surface area contributed by atoms with Gasteiger partial charge in [-0.15, -0.1) is 0 Å². The van der Waals surface area contributed by atoms with Gasteiger partial charge in [0.2, 0.25) is 0 Å². The van der Waals surface area contributed by atoms with Crippen LogP contribution in [-0.2, 0) is 9.53 Å². The van der Waals surface area contributed by atoms with Gasteiger partial charge in [-0.2, -0.15) is 0 Å². The van der Waals surface area contributed by atoms with Gasteiger partial charge < -0.3 is 14.8 Å². The van der Waals surface area contributed by atoms with E-state index in [2.05, 4.69) is 5.32 Å². The van der Waals surface area contributed by atoms with Crippen LogP contribution in [0.5, 0.6) is 5.75 Å². The Labute approximate surface area is 158 Å². The number of hydrogen-bond donors (Lipinski definition) is 1. The first-order chi connectivity index (χ1) is 12.5. The summed E-state index contributed by atoms with van der Waals surface area (Å²) in [6.07, 6.45) is 1.81. The maximum atomic E-state index is 12.0. The van der Waals surface area contributed by atoms with Crippen molar-refractivity contribution in [3.63, 3.8) is 0 Å². The van der Waals surface area contributed by atoms with Crippen molar-refractivity contribution in [1.82, 2.24) is 0 Å². The van der Waals surface area contributed by atoms with Crippen LogP contribution in [0, 0.1) is 6.92 Å². The molecule has 0 aliphatic rings. The Balaban J connectivity index is 1.83. The van der Waals surface area contributed by atoms with E-state index in [0.29, 0.717) is 28.6 Å². The lowest BCUT2D eigenvalue weighted by Gasteiger charge is -2.09. The molecule has 0 unspecified atom stereocenters. The second-order valence-corrected chi connectivity index (χ2v) is 6.22. The third-order valence-corrected chi connectivity index (χ3v) is 4.06. The third-order valence-electron chi connectivity index (χ3n) is 3.63. The second kappa shape index (κ2) is 9.82. The zero-order chi connectivity index (χ0) is 18.9. The summed E-state index contributed by atoms with van der Waals surface area (Å²) in [6.45, 7) is 4.18. The average Bonchev–Trinajstić information content (AvgIpc) is 2.63. The van der Waals surface area contributed by atoms with Gasteiger partial charge in [0.15, 0.2) is 6.61 Å². The first-order valence-electron chi connectivity index (χ1n) is 8.45. The van der Waals surface area contributed by atoms with Crippen LogP contribution in [0.1, 0.15) is 35.7 Å². The first-order valence-corrected chi connectivity index (χ1v) is 8.83. The van der Waals surface area contributed by atoms with Gasteiger partial charge in [-0.25, -0.2) is 4.79 Å². The van der Waals surface area contributed by atoms with Gasteiger partial charge in [0, 0.05) is 10.7 Å². The molecule has 6 heteroatoms. The minimum atomic E-state index is -0.363. The Morgan fingerprint density at radius 3 is 2.50 bits per heavy atom. The molecule has 0 atom stereocenters. The lowest BCUT2D eigenvalue weighted by atomic mass is 10.2. The predicted molar refractivity (Wildman–Crippen MR) is 102 cm³/mol. The standard InChI is InChI=1S/C20H22ClNO4/c1-3-4-11-25-20(24)15-5-7-16(8-6-15)22-19(23)13-26-17-9-10-18(21)14(2)12-17/h5-10,12H,3-4,11,13H2,1-2H3,(H,22,23). The minimum absolute atomic E-state index is 0.123. The summed E-state index contributed by atoms with van der Waals surface area (Å²) in [4.78, 5) is 23.8. The van der Waals surface area contributed by atoms with Crippen molar-refractivity contribution in [3.8, 4) is 5.75 Å². The van der Waals surface area contributed by atoms with E-state index in [1.807, 2.05) is 13.8 Å². The van der Waals surface area contributed by atoms with Gasteiger partial charge in [-0.3, -0.25) is 4.79 Å². The van der Waals surface area contributed by atoms with Crippen LogP contribution in [0.3, 0.4) is 0 Å². The molecule has 0 heterocycles. The van der Waals surface area contributed by atoms with Crippen LogP contribution in [0.15, 0.2) is 42.5 Å². The van der Waals surface area contributed by atoms with Crippen molar-refractivity contribution in [2.75, 3.05) is 18.5 Å². The number of amides is 1. The molecule has 1 N–H and O–H groups in total. The summed E-state index contributed by atoms with van der Waals surface area (Å²) in [6, 6.07) is 11.8. The minimum Gasteiger partial charge on any atom is -0.484 e. The fourth-order valence-corrected chi connectivity index (χ4v) is 2.25. The fraction of sp³-hybridized carbons (Fsp3) is 0.300. The van der Waals surface area contributed by atoms with Gasteiger partial charge in [0.25, 0.3) is 5.91 Å². The lowest BCUT2D eigenvalue weighted by molar-refractivity contribution is -0.118. The lowest BCUT2D eigenvalue weighted by Crippen LogP contribution is -2.20. The average molecular weight is 376 g/mol. The Morgan fingerprint density at radius 2 is 1.85 bits per heavy atom. The number of rotatable bonds is 8. The highest BCUT2D eigenvalue weighted by atomic mass is 35.5. The van der Waals surface area contributed by atoms with E-state index in [0.717, 1.165) is 18.4 Å². The normalized spacial score (nSPS) is 10.3. The van der Waals surface area contributed by atoms with Gasteiger partial charge in [-0.1, -0.05) is 24.9 Å². The maximum Gasteiger partial charge on any atom is 0.338 e. The Bertz CT molecular complexity index is 759. The molecule has 0 spiro atoms. The highest BCUT2D eigenvalue weighted by Gasteiger charge is 2.08. The number of hydrogen-bond acceptors (Lipinski definition) is 4. The summed E-state index contributed by atoms with van der Waals surface area (Å²) in [5, 5.41) is 3.36. The smallest absolute Gasteiger partial charge is 0.338 e. The zero-order valence-corrected chi connectivity index (χ0v) is 15.6. The number of ether oxygens (including phenoxy) is 2. The Hall–Kier alpha value is -2.53. The molecule has 0 aliphatic carbocycles. The number of unbranched alkanes of at least 4 members (excludes halogenated alkanes) is 1. The molecule has 0 radical (unpaired) electrons. The Kier molecular flexibility index (Phi) is 7.48. The van der Waals surface area contributed by atoms with E-state index in [1.165, 1.54) is 0 Å². The molecular formula is C20H22ClNO4. The molecule has 2 aromatic carbocycles. The van der Waals surface area contributed by atoms with Crippen molar-refractivity contribution in [3.05, 3.63) is 58.6 Å². The van der Waals surface area contributed by atoms with Crippen molar-refractivity contribution in [1.29, 1.82) is 0 Å². The van der Waals surface area contributed by atoms with Crippen molar-refractivity contribution in [2.24, 2.45) is 0 Å². The van der Waals surface area contributed by atoms with Crippen LogP contribution in [0.2, 0.25) is 5.02 Å². The van der Waals surface area contributed by atoms with Crippen molar-refractivity contribution < 1.29 is 19.1 Å². The summed E-state index contributed by atoms with van der Waals surface area (Å²) in [5.41, 5.74) is 1.91. The van der Waals surface area contributed by atoms with E-state index in [-0.39, 0.29) is 18.5 Å². The molecule has 2 aromatic rings. The van der Waals surface area contributed by atoms with Gasteiger partial charge in [-0.05, 0) is 61.4 Å². The van der Waals surface area contributed by atoms with Gasteiger partial charge >= 0.3 is 5.97 Å². The topological polar surface area (TPSA) is 64.6 Å².